The molecule has 3 aromatic heterocycles. The molecule has 7 heteroatoms. The summed E-state index contributed by atoms with van der Waals surface area (Å²) in [7, 11) is 0. The quantitative estimate of drug-likeness (QED) is 0.759. The maximum atomic E-state index is 4.63. The Balaban J connectivity index is 1.78. The van der Waals surface area contributed by atoms with Crippen molar-refractivity contribution in [1.82, 2.24) is 23.4 Å². The predicted molar refractivity (Wildman–Crippen MR) is 77.7 cm³/mol. The van der Waals surface area contributed by atoms with E-state index in [2.05, 4.69) is 36.6 Å². The maximum Gasteiger partial charge on any atom is 0.193 e. The van der Waals surface area contributed by atoms with E-state index in [1.54, 1.807) is 11.3 Å². The topological polar surface area (TPSA) is 55.1 Å². The van der Waals surface area contributed by atoms with Crippen LogP contribution in [-0.2, 0) is 6.42 Å². The summed E-state index contributed by atoms with van der Waals surface area (Å²) in [6.07, 6.45) is 7.92. The molecule has 0 saturated carbocycles. The fourth-order valence-corrected chi connectivity index (χ4v) is 3.20. The molecule has 3 rings (SSSR count). The zero-order valence-corrected chi connectivity index (χ0v) is 12.2. The molecule has 0 aliphatic carbocycles. The zero-order valence-electron chi connectivity index (χ0n) is 10.6. The van der Waals surface area contributed by atoms with Gasteiger partial charge in [0.15, 0.2) is 4.96 Å². The van der Waals surface area contributed by atoms with Crippen LogP contribution < -0.4 is 5.32 Å². The lowest BCUT2D eigenvalue weighted by atomic mass is 10.1. The van der Waals surface area contributed by atoms with E-state index in [1.165, 1.54) is 11.7 Å². The lowest BCUT2D eigenvalue weighted by molar-refractivity contribution is 0.517. The first-order valence-electron chi connectivity index (χ1n) is 6.28. The molecule has 0 aliphatic rings. The SMILES string of the molecule is CCCNC(Cc1cn2ccsc2n1)c1cnsn1. The molecular weight excluding hydrogens is 278 g/mol. The molecule has 5 nitrogen and oxygen atoms in total. The number of hydrogen-bond acceptors (Lipinski definition) is 6. The average Bonchev–Trinajstić information content (AvgIpc) is 3.09. The van der Waals surface area contributed by atoms with Crippen molar-refractivity contribution in [1.29, 1.82) is 0 Å². The second-order valence-electron chi connectivity index (χ2n) is 4.37. The monoisotopic (exact) mass is 293 g/mol. The lowest BCUT2D eigenvalue weighted by Crippen LogP contribution is -2.24. The maximum absolute atomic E-state index is 4.63. The molecule has 1 unspecified atom stereocenters. The van der Waals surface area contributed by atoms with Crippen LogP contribution in [-0.4, -0.2) is 24.7 Å². The van der Waals surface area contributed by atoms with Crippen LogP contribution in [0.25, 0.3) is 4.96 Å². The summed E-state index contributed by atoms with van der Waals surface area (Å²) < 4.78 is 10.5. The van der Waals surface area contributed by atoms with Gasteiger partial charge in [0.05, 0.1) is 35.4 Å². The number of nitrogens with zero attached hydrogens (tertiary/aromatic N) is 4. The van der Waals surface area contributed by atoms with Gasteiger partial charge in [-0.15, -0.1) is 11.3 Å². The highest BCUT2D eigenvalue weighted by Gasteiger charge is 2.16. The Morgan fingerprint density at radius 1 is 1.47 bits per heavy atom. The van der Waals surface area contributed by atoms with Crippen molar-refractivity contribution < 1.29 is 0 Å². The van der Waals surface area contributed by atoms with Crippen LogP contribution in [0.5, 0.6) is 0 Å². The van der Waals surface area contributed by atoms with E-state index >= 15 is 0 Å². The molecule has 100 valence electrons. The molecule has 0 radical (unpaired) electrons. The van der Waals surface area contributed by atoms with Crippen LogP contribution in [0, 0.1) is 0 Å². The van der Waals surface area contributed by atoms with Crippen molar-refractivity contribution in [3.63, 3.8) is 0 Å². The first kappa shape index (κ1) is 12.7. The largest absolute Gasteiger partial charge is 0.308 e. The van der Waals surface area contributed by atoms with Crippen LogP contribution in [0.15, 0.2) is 24.0 Å². The van der Waals surface area contributed by atoms with Crippen molar-refractivity contribution in [2.45, 2.75) is 25.8 Å². The van der Waals surface area contributed by atoms with Gasteiger partial charge in [0.2, 0.25) is 0 Å². The summed E-state index contributed by atoms with van der Waals surface area (Å²) in [6.45, 7) is 3.14. The highest BCUT2D eigenvalue weighted by molar-refractivity contribution is 7.15. The highest BCUT2D eigenvalue weighted by atomic mass is 32.1. The predicted octanol–water partition coefficient (Wildman–Crippen LogP) is 2.53. The number of hydrogen-bond donors (Lipinski definition) is 1. The molecule has 0 bridgehead atoms. The zero-order chi connectivity index (χ0) is 13.1. The van der Waals surface area contributed by atoms with E-state index in [9.17, 15) is 0 Å². The summed E-state index contributed by atoms with van der Waals surface area (Å²) >= 11 is 2.91. The van der Waals surface area contributed by atoms with E-state index in [1.807, 2.05) is 17.8 Å². The van der Waals surface area contributed by atoms with Crippen molar-refractivity contribution in [2.24, 2.45) is 0 Å². The summed E-state index contributed by atoms with van der Waals surface area (Å²) in [4.78, 5) is 5.67. The Morgan fingerprint density at radius 2 is 2.42 bits per heavy atom. The highest BCUT2D eigenvalue weighted by Crippen LogP contribution is 2.19. The molecule has 0 aromatic carbocycles. The number of thiazole rings is 1. The van der Waals surface area contributed by atoms with Gasteiger partial charge in [-0.3, -0.25) is 4.40 Å². The minimum atomic E-state index is 0.198. The van der Waals surface area contributed by atoms with E-state index in [-0.39, 0.29) is 6.04 Å². The Labute approximate surface area is 119 Å². The van der Waals surface area contributed by atoms with Gasteiger partial charge < -0.3 is 5.32 Å². The van der Waals surface area contributed by atoms with Gasteiger partial charge in [-0.1, -0.05) is 6.92 Å². The Kier molecular flexibility index (Phi) is 3.86. The molecule has 1 N–H and O–H groups in total. The van der Waals surface area contributed by atoms with E-state index in [0.29, 0.717) is 0 Å². The van der Waals surface area contributed by atoms with Crippen LogP contribution >= 0.6 is 23.1 Å². The smallest absolute Gasteiger partial charge is 0.193 e. The van der Waals surface area contributed by atoms with Crippen molar-refractivity contribution in [2.75, 3.05) is 6.54 Å². The van der Waals surface area contributed by atoms with Crippen LogP contribution in [0.1, 0.15) is 30.8 Å². The number of rotatable bonds is 6. The first-order chi connectivity index (χ1) is 9.36. The van der Waals surface area contributed by atoms with Crippen molar-refractivity contribution >= 4 is 28.0 Å². The number of aromatic nitrogens is 4. The fraction of sp³-hybridized carbons (Fsp3) is 0.417. The molecule has 0 fully saturated rings. The number of nitrogens with one attached hydrogen (secondary N) is 1. The van der Waals surface area contributed by atoms with Crippen LogP contribution in [0.4, 0.5) is 0 Å². The molecule has 1 atom stereocenters. The minimum Gasteiger partial charge on any atom is -0.308 e. The van der Waals surface area contributed by atoms with Gasteiger partial charge in [-0.25, -0.2) is 4.98 Å². The summed E-state index contributed by atoms with van der Waals surface area (Å²) in [5.41, 5.74) is 2.10. The standard InChI is InChI=1S/C12H15N5S2/c1-2-3-13-10(11-7-14-19-16-11)6-9-8-17-4-5-18-12(17)15-9/h4-5,7-8,10,13H,2-3,6H2,1H3. The molecule has 3 heterocycles. The second-order valence-corrected chi connectivity index (χ2v) is 5.80. The van der Waals surface area contributed by atoms with Crippen LogP contribution in [0.2, 0.25) is 0 Å². The summed E-state index contributed by atoms with van der Waals surface area (Å²) in [5, 5.41) is 5.56. The minimum absolute atomic E-state index is 0.198. The Hall–Kier alpha value is -1.31. The first-order valence-corrected chi connectivity index (χ1v) is 7.89. The molecule has 0 amide bonds. The van der Waals surface area contributed by atoms with Crippen molar-refractivity contribution in [3.05, 3.63) is 35.4 Å². The number of fused-ring (bicyclic) bond motifs is 1. The Morgan fingerprint density at radius 3 is 3.16 bits per heavy atom. The normalized spacial score (nSPS) is 13.1. The molecular formula is C12H15N5S2. The third kappa shape index (κ3) is 2.83. The molecule has 3 aromatic rings. The van der Waals surface area contributed by atoms with Gasteiger partial charge in [-0.2, -0.15) is 8.75 Å². The second kappa shape index (κ2) is 5.77. The molecule has 19 heavy (non-hydrogen) atoms. The van der Waals surface area contributed by atoms with Gasteiger partial charge in [0.1, 0.15) is 0 Å². The fourth-order valence-electron chi connectivity index (χ4n) is 2.01. The van der Waals surface area contributed by atoms with Crippen LogP contribution in [0.3, 0.4) is 0 Å². The number of imidazole rings is 1. The summed E-state index contributed by atoms with van der Waals surface area (Å²) in [5.74, 6) is 0. The third-order valence-corrected chi connectivity index (χ3v) is 4.20. The summed E-state index contributed by atoms with van der Waals surface area (Å²) in [6, 6.07) is 0.198. The van der Waals surface area contributed by atoms with Crippen molar-refractivity contribution in [3.8, 4) is 0 Å². The van der Waals surface area contributed by atoms with Gasteiger partial charge in [-0.05, 0) is 13.0 Å². The van der Waals surface area contributed by atoms with E-state index in [4.69, 9.17) is 0 Å². The Bertz CT molecular complexity index is 599. The molecule has 0 saturated heterocycles. The lowest BCUT2D eigenvalue weighted by Gasteiger charge is -2.14. The molecule has 0 aliphatic heterocycles. The molecule has 0 spiro atoms. The average molecular weight is 293 g/mol. The van der Waals surface area contributed by atoms with E-state index in [0.717, 1.165) is 35.7 Å². The van der Waals surface area contributed by atoms with E-state index < -0.39 is 0 Å². The third-order valence-electron chi connectivity index (χ3n) is 2.93. The van der Waals surface area contributed by atoms with Gasteiger partial charge in [0.25, 0.3) is 0 Å². The van der Waals surface area contributed by atoms with Gasteiger partial charge in [0, 0.05) is 24.2 Å². The van der Waals surface area contributed by atoms with Gasteiger partial charge >= 0.3 is 0 Å².